The molecule has 3 aromatic rings. The molecule has 3 heteroatoms. The normalized spacial score (nSPS) is 11.9. The van der Waals surface area contributed by atoms with Gasteiger partial charge < -0.3 is 9.72 Å². The summed E-state index contributed by atoms with van der Waals surface area (Å²) in [5.41, 5.74) is 4.72. The fourth-order valence-corrected chi connectivity index (χ4v) is 2.99. The van der Waals surface area contributed by atoms with Crippen LogP contribution in [0.25, 0.3) is 22.0 Å². The van der Waals surface area contributed by atoms with Gasteiger partial charge >= 0.3 is 0 Å². The van der Waals surface area contributed by atoms with Crippen LogP contribution in [0.3, 0.4) is 0 Å². The number of ether oxygens (including phenoxy) is 1. The molecule has 1 N–H and O–H groups in total. The Bertz CT molecular complexity index is 827. The molecule has 0 unspecified atom stereocenters. The molecule has 3 rings (SSSR count). The molecule has 22 heavy (non-hydrogen) atoms. The fraction of sp³-hybridized carbons (Fsp3) is 0.263. The summed E-state index contributed by atoms with van der Waals surface area (Å²) in [7, 11) is 1.68. The van der Waals surface area contributed by atoms with Crippen molar-refractivity contribution < 1.29 is 4.74 Å². The van der Waals surface area contributed by atoms with Crippen LogP contribution in [0.1, 0.15) is 26.3 Å². The van der Waals surface area contributed by atoms with Crippen LogP contribution in [0.2, 0.25) is 5.02 Å². The molecule has 0 aliphatic heterocycles. The Balaban J connectivity index is 2.33. The van der Waals surface area contributed by atoms with Crippen molar-refractivity contribution in [2.45, 2.75) is 26.2 Å². The Morgan fingerprint density at radius 3 is 2.45 bits per heavy atom. The van der Waals surface area contributed by atoms with Crippen molar-refractivity contribution in [2.24, 2.45) is 0 Å². The lowest BCUT2D eigenvalue weighted by Crippen LogP contribution is -2.13. The van der Waals surface area contributed by atoms with Gasteiger partial charge in [-0.25, -0.2) is 0 Å². The zero-order valence-corrected chi connectivity index (χ0v) is 14.1. The molecule has 0 aliphatic carbocycles. The predicted octanol–water partition coefficient (Wildman–Crippen LogP) is 5.79. The number of H-pyrrole nitrogens is 1. The van der Waals surface area contributed by atoms with Crippen LogP contribution in [-0.2, 0) is 5.41 Å². The number of methoxy groups -OCH3 is 1. The first-order valence-corrected chi connectivity index (χ1v) is 7.73. The summed E-state index contributed by atoms with van der Waals surface area (Å²) in [5, 5.41) is 1.88. The maximum Gasteiger partial charge on any atom is 0.128 e. The molecule has 1 aromatic heterocycles. The average Bonchev–Trinajstić information content (AvgIpc) is 2.92. The minimum atomic E-state index is 0.0271. The monoisotopic (exact) mass is 313 g/mol. The first kappa shape index (κ1) is 15.0. The van der Waals surface area contributed by atoms with Crippen molar-refractivity contribution in [2.75, 3.05) is 7.11 Å². The molecule has 0 atom stereocenters. The Labute approximate surface area is 136 Å². The van der Waals surface area contributed by atoms with Crippen molar-refractivity contribution in [3.63, 3.8) is 0 Å². The van der Waals surface area contributed by atoms with E-state index in [1.807, 2.05) is 24.4 Å². The fourth-order valence-electron chi connectivity index (χ4n) is 2.83. The Morgan fingerprint density at radius 2 is 1.77 bits per heavy atom. The van der Waals surface area contributed by atoms with Crippen LogP contribution >= 0.6 is 11.6 Å². The second-order valence-electron chi connectivity index (χ2n) is 6.56. The van der Waals surface area contributed by atoms with Gasteiger partial charge in [0.2, 0.25) is 0 Å². The third-order valence-corrected chi connectivity index (χ3v) is 4.19. The molecule has 114 valence electrons. The number of hydrogen-bond acceptors (Lipinski definition) is 1. The number of aromatic nitrogens is 1. The topological polar surface area (TPSA) is 25.0 Å². The Hall–Kier alpha value is -1.93. The summed E-state index contributed by atoms with van der Waals surface area (Å²) >= 11 is 6.11. The zero-order valence-electron chi connectivity index (χ0n) is 13.3. The van der Waals surface area contributed by atoms with E-state index < -0.39 is 0 Å². The third kappa shape index (κ3) is 2.59. The van der Waals surface area contributed by atoms with Gasteiger partial charge in [0.15, 0.2) is 0 Å². The van der Waals surface area contributed by atoms with Gasteiger partial charge in [0, 0.05) is 22.3 Å². The van der Waals surface area contributed by atoms with Crippen molar-refractivity contribution in [1.82, 2.24) is 4.98 Å². The molecule has 2 nitrogen and oxygen atoms in total. The Kier molecular flexibility index (Phi) is 3.65. The minimum Gasteiger partial charge on any atom is -0.496 e. The van der Waals surface area contributed by atoms with Crippen molar-refractivity contribution in [1.29, 1.82) is 0 Å². The smallest absolute Gasteiger partial charge is 0.128 e. The molecule has 0 saturated heterocycles. The molecule has 0 radical (unpaired) electrons. The van der Waals surface area contributed by atoms with Gasteiger partial charge in [0.05, 0.1) is 7.11 Å². The molecule has 0 amide bonds. The van der Waals surface area contributed by atoms with Gasteiger partial charge in [-0.15, -0.1) is 0 Å². The van der Waals surface area contributed by atoms with Crippen LogP contribution in [0.5, 0.6) is 5.75 Å². The van der Waals surface area contributed by atoms with Crippen LogP contribution in [0.15, 0.2) is 42.6 Å². The van der Waals surface area contributed by atoms with Gasteiger partial charge in [-0.05, 0) is 58.3 Å². The molecule has 0 bridgehead atoms. The number of nitrogens with one attached hydrogen (secondary N) is 1. The second-order valence-corrected chi connectivity index (χ2v) is 6.99. The molecule has 0 fully saturated rings. The van der Waals surface area contributed by atoms with E-state index in [1.54, 1.807) is 7.11 Å². The van der Waals surface area contributed by atoms with Crippen LogP contribution in [0, 0.1) is 0 Å². The van der Waals surface area contributed by atoms with Gasteiger partial charge in [0.25, 0.3) is 0 Å². The van der Waals surface area contributed by atoms with Crippen LogP contribution in [0.4, 0.5) is 0 Å². The summed E-state index contributed by atoms with van der Waals surface area (Å²) in [6.45, 7) is 6.68. The van der Waals surface area contributed by atoms with E-state index in [-0.39, 0.29) is 5.41 Å². The highest BCUT2D eigenvalue weighted by Gasteiger charge is 2.21. The lowest BCUT2D eigenvalue weighted by molar-refractivity contribution is 0.416. The number of rotatable bonds is 2. The summed E-state index contributed by atoms with van der Waals surface area (Å²) in [6.07, 6.45) is 1.97. The van der Waals surface area contributed by atoms with Crippen molar-refractivity contribution in [3.05, 3.63) is 53.2 Å². The zero-order chi connectivity index (χ0) is 15.9. The number of fused-ring (bicyclic) bond motifs is 1. The molecule has 1 heterocycles. The maximum absolute atomic E-state index is 6.11. The first-order chi connectivity index (χ1) is 10.4. The van der Waals surface area contributed by atoms with Gasteiger partial charge in [-0.1, -0.05) is 32.4 Å². The quantitative estimate of drug-likeness (QED) is 0.636. The molecular weight excluding hydrogens is 294 g/mol. The summed E-state index contributed by atoms with van der Waals surface area (Å²) in [4.78, 5) is 3.30. The second kappa shape index (κ2) is 5.36. The lowest BCUT2D eigenvalue weighted by atomic mass is 9.81. The van der Waals surface area contributed by atoms with Gasteiger partial charge in [-0.2, -0.15) is 0 Å². The van der Waals surface area contributed by atoms with E-state index in [0.717, 1.165) is 16.8 Å². The SMILES string of the molecule is COc1cc(Cl)ccc1-c1cc2cc[nH]c2cc1C(C)(C)C. The molecular formula is C19H20ClNO. The largest absolute Gasteiger partial charge is 0.496 e. The number of aromatic amines is 1. The summed E-state index contributed by atoms with van der Waals surface area (Å²) < 4.78 is 5.55. The molecule has 0 spiro atoms. The standard InChI is InChI=1S/C19H20ClNO/c1-19(2,3)16-11-17-12(7-8-21-17)9-15(16)14-6-5-13(20)10-18(14)22-4/h5-11,21H,1-4H3. The number of benzene rings is 2. The van der Waals surface area contributed by atoms with E-state index in [9.17, 15) is 0 Å². The summed E-state index contributed by atoms with van der Waals surface area (Å²) in [5.74, 6) is 0.799. The van der Waals surface area contributed by atoms with E-state index in [4.69, 9.17) is 16.3 Å². The van der Waals surface area contributed by atoms with E-state index in [0.29, 0.717) is 5.02 Å². The highest BCUT2D eigenvalue weighted by Crippen LogP contribution is 2.40. The lowest BCUT2D eigenvalue weighted by Gasteiger charge is -2.24. The predicted molar refractivity (Wildman–Crippen MR) is 94.0 cm³/mol. The van der Waals surface area contributed by atoms with E-state index in [2.05, 4.69) is 44.0 Å². The third-order valence-electron chi connectivity index (χ3n) is 3.95. The number of hydrogen-bond donors (Lipinski definition) is 1. The molecule has 2 aromatic carbocycles. The van der Waals surface area contributed by atoms with Crippen LogP contribution < -0.4 is 4.74 Å². The minimum absolute atomic E-state index is 0.0271. The van der Waals surface area contributed by atoms with E-state index in [1.165, 1.54) is 16.5 Å². The molecule has 0 saturated carbocycles. The first-order valence-electron chi connectivity index (χ1n) is 7.35. The molecule has 0 aliphatic rings. The highest BCUT2D eigenvalue weighted by atomic mass is 35.5. The van der Waals surface area contributed by atoms with Crippen molar-refractivity contribution >= 4 is 22.5 Å². The average molecular weight is 314 g/mol. The van der Waals surface area contributed by atoms with Gasteiger partial charge in [-0.3, -0.25) is 0 Å². The van der Waals surface area contributed by atoms with Crippen LogP contribution in [-0.4, -0.2) is 12.1 Å². The maximum atomic E-state index is 6.11. The highest BCUT2D eigenvalue weighted by molar-refractivity contribution is 6.30. The summed E-state index contributed by atoms with van der Waals surface area (Å²) in [6, 6.07) is 12.4. The van der Waals surface area contributed by atoms with Crippen molar-refractivity contribution in [3.8, 4) is 16.9 Å². The Morgan fingerprint density at radius 1 is 1.00 bits per heavy atom. The van der Waals surface area contributed by atoms with E-state index >= 15 is 0 Å². The van der Waals surface area contributed by atoms with Gasteiger partial charge in [0.1, 0.15) is 5.75 Å². The number of halogens is 1.